The first-order valence-corrected chi connectivity index (χ1v) is 8.68. The van der Waals surface area contributed by atoms with E-state index in [2.05, 4.69) is 5.32 Å². The molecule has 7 heteroatoms. The van der Waals surface area contributed by atoms with E-state index in [1.165, 1.54) is 0 Å². The molecule has 0 saturated heterocycles. The number of anilines is 1. The van der Waals surface area contributed by atoms with Crippen molar-refractivity contribution in [2.24, 2.45) is 0 Å². The van der Waals surface area contributed by atoms with Gasteiger partial charge in [-0.15, -0.1) is 0 Å². The lowest BCUT2D eigenvalue weighted by Gasteiger charge is -2.25. The molecule has 0 aliphatic heterocycles. The largest absolute Gasteiger partial charge is 0.493 e. The van der Waals surface area contributed by atoms with Crippen LogP contribution >= 0.6 is 0 Å². The van der Waals surface area contributed by atoms with Crippen molar-refractivity contribution >= 4 is 17.6 Å². The minimum Gasteiger partial charge on any atom is -0.493 e. The summed E-state index contributed by atoms with van der Waals surface area (Å²) in [5, 5.41) is 11.6. The molecule has 0 fully saturated rings. The Labute approximate surface area is 164 Å². The van der Waals surface area contributed by atoms with E-state index in [4.69, 9.17) is 19.3 Å². The average molecular weight is 387 g/mol. The Kier molecular flexibility index (Phi) is 6.51. The SMILES string of the molecule is COc1ccc(C(C)(C)C(=O)Nc2ccc(OCC(=O)O)cc2C)cc1OC. The standard InChI is InChI=1S/C21H25NO6/c1-13-10-15(28-12-19(23)24)7-8-16(13)22-20(25)21(2,3)14-6-9-17(26-4)18(11-14)27-5/h6-11H,12H2,1-5H3,(H,22,25)(H,23,24). The number of aliphatic carboxylic acids is 1. The summed E-state index contributed by atoms with van der Waals surface area (Å²) in [6.45, 7) is 5.04. The van der Waals surface area contributed by atoms with Gasteiger partial charge in [0.1, 0.15) is 5.75 Å². The molecule has 2 aromatic carbocycles. The van der Waals surface area contributed by atoms with E-state index in [-0.39, 0.29) is 5.91 Å². The molecule has 0 radical (unpaired) electrons. The molecule has 0 unspecified atom stereocenters. The third kappa shape index (κ3) is 4.73. The van der Waals surface area contributed by atoms with Crippen molar-refractivity contribution < 1.29 is 28.9 Å². The molecule has 2 rings (SSSR count). The predicted octanol–water partition coefficient (Wildman–Crippen LogP) is 3.39. The quantitative estimate of drug-likeness (QED) is 0.721. The normalized spacial score (nSPS) is 10.9. The molecular formula is C21H25NO6. The van der Waals surface area contributed by atoms with E-state index >= 15 is 0 Å². The number of carbonyl (C=O) groups excluding carboxylic acids is 1. The van der Waals surface area contributed by atoms with Gasteiger partial charge in [-0.2, -0.15) is 0 Å². The Balaban J connectivity index is 2.20. The second-order valence-electron chi connectivity index (χ2n) is 6.81. The Morgan fingerprint density at radius 1 is 1.04 bits per heavy atom. The first-order chi connectivity index (χ1) is 13.2. The highest BCUT2D eigenvalue weighted by Crippen LogP contribution is 2.34. The molecule has 0 atom stereocenters. The lowest BCUT2D eigenvalue weighted by atomic mass is 9.83. The Morgan fingerprint density at radius 3 is 2.29 bits per heavy atom. The van der Waals surface area contributed by atoms with E-state index in [1.807, 2.05) is 26.8 Å². The molecule has 0 bridgehead atoms. The van der Waals surface area contributed by atoms with Gasteiger partial charge in [0.15, 0.2) is 18.1 Å². The van der Waals surface area contributed by atoms with Gasteiger partial charge in [0.2, 0.25) is 5.91 Å². The third-order valence-corrected chi connectivity index (χ3v) is 4.48. The number of nitrogens with one attached hydrogen (secondary N) is 1. The highest BCUT2D eigenvalue weighted by Gasteiger charge is 2.31. The number of carboxylic acid groups (broad SMARTS) is 1. The lowest BCUT2D eigenvalue weighted by molar-refractivity contribution is -0.139. The summed E-state index contributed by atoms with van der Waals surface area (Å²) in [6.07, 6.45) is 0. The topological polar surface area (TPSA) is 94.1 Å². The fourth-order valence-corrected chi connectivity index (χ4v) is 2.65. The number of benzene rings is 2. The van der Waals surface area contributed by atoms with Crippen molar-refractivity contribution in [2.45, 2.75) is 26.2 Å². The summed E-state index contributed by atoms with van der Waals surface area (Å²) in [7, 11) is 3.11. The van der Waals surface area contributed by atoms with Crippen LogP contribution < -0.4 is 19.5 Å². The zero-order valence-corrected chi connectivity index (χ0v) is 16.7. The van der Waals surface area contributed by atoms with Gasteiger partial charge in [0, 0.05) is 5.69 Å². The van der Waals surface area contributed by atoms with Gasteiger partial charge in [-0.05, 0) is 62.2 Å². The second-order valence-corrected chi connectivity index (χ2v) is 6.81. The smallest absolute Gasteiger partial charge is 0.341 e. The van der Waals surface area contributed by atoms with E-state index in [0.717, 1.165) is 11.1 Å². The molecular weight excluding hydrogens is 362 g/mol. The van der Waals surface area contributed by atoms with Crippen molar-refractivity contribution in [1.82, 2.24) is 0 Å². The van der Waals surface area contributed by atoms with Crippen LogP contribution in [0.5, 0.6) is 17.2 Å². The fraction of sp³-hybridized carbons (Fsp3) is 0.333. The number of hydrogen-bond donors (Lipinski definition) is 2. The molecule has 0 heterocycles. The number of rotatable bonds is 8. The molecule has 2 N–H and O–H groups in total. The van der Waals surface area contributed by atoms with E-state index in [1.54, 1.807) is 44.6 Å². The summed E-state index contributed by atoms with van der Waals surface area (Å²) >= 11 is 0. The van der Waals surface area contributed by atoms with Crippen molar-refractivity contribution in [3.8, 4) is 17.2 Å². The van der Waals surface area contributed by atoms with Crippen molar-refractivity contribution in [3.63, 3.8) is 0 Å². The maximum atomic E-state index is 12.9. The summed E-state index contributed by atoms with van der Waals surface area (Å²) < 4.78 is 15.7. The highest BCUT2D eigenvalue weighted by atomic mass is 16.5. The first-order valence-electron chi connectivity index (χ1n) is 8.68. The summed E-state index contributed by atoms with van der Waals surface area (Å²) in [5.74, 6) is 0.331. The molecule has 2 aromatic rings. The lowest BCUT2D eigenvalue weighted by Crippen LogP contribution is -2.35. The average Bonchev–Trinajstić information content (AvgIpc) is 2.67. The van der Waals surface area contributed by atoms with Crippen LogP contribution in [0.2, 0.25) is 0 Å². The van der Waals surface area contributed by atoms with Gasteiger partial charge in [0.25, 0.3) is 0 Å². The Hall–Kier alpha value is -3.22. The number of aryl methyl sites for hydroxylation is 1. The molecule has 150 valence electrons. The molecule has 0 spiro atoms. The zero-order chi connectivity index (χ0) is 20.9. The van der Waals surface area contributed by atoms with Gasteiger partial charge in [-0.25, -0.2) is 4.79 Å². The summed E-state index contributed by atoms with van der Waals surface area (Å²) in [5.41, 5.74) is 1.34. The third-order valence-electron chi connectivity index (χ3n) is 4.48. The zero-order valence-electron chi connectivity index (χ0n) is 16.7. The number of amides is 1. The number of carboxylic acids is 1. The second kappa shape index (κ2) is 8.65. The van der Waals surface area contributed by atoms with Crippen LogP contribution in [0.15, 0.2) is 36.4 Å². The number of methoxy groups -OCH3 is 2. The van der Waals surface area contributed by atoms with Gasteiger partial charge in [-0.1, -0.05) is 6.07 Å². The van der Waals surface area contributed by atoms with Crippen LogP contribution in [0, 0.1) is 6.92 Å². The molecule has 7 nitrogen and oxygen atoms in total. The monoisotopic (exact) mass is 387 g/mol. The maximum absolute atomic E-state index is 12.9. The van der Waals surface area contributed by atoms with Gasteiger partial charge < -0.3 is 24.6 Å². The van der Waals surface area contributed by atoms with E-state index in [9.17, 15) is 9.59 Å². The van der Waals surface area contributed by atoms with Crippen LogP contribution in [0.3, 0.4) is 0 Å². The van der Waals surface area contributed by atoms with Gasteiger partial charge in [-0.3, -0.25) is 4.79 Å². The minimum atomic E-state index is -1.05. The highest BCUT2D eigenvalue weighted by molar-refractivity contribution is 5.99. The van der Waals surface area contributed by atoms with Crippen LogP contribution in [0.4, 0.5) is 5.69 Å². The van der Waals surface area contributed by atoms with Crippen molar-refractivity contribution in [1.29, 1.82) is 0 Å². The first kappa shape index (κ1) is 21.1. The predicted molar refractivity (Wildman–Crippen MR) is 106 cm³/mol. The summed E-state index contributed by atoms with van der Waals surface area (Å²) in [4.78, 5) is 23.6. The number of ether oxygens (including phenoxy) is 3. The van der Waals surface area contributed by atoms with Crippen LogP contribution in [-0.4, -0.2) is 37.8 Å². The summed E-state index contributed by atoms with van der Waals surface area (Å²) in [6, 6.07) is 10.4. The van der Waals surface area contributed by atoms with Crippen LogP contribution in [0.1, 0.15) is 25.0 Å². The van der Waals surface area contributed by atoms with Crippen molar-refractivity contribution in [2.75, 3.05) is 26.1 Å². The number of carbonyl (C=O) groups is 2. The van der Waals surface area contributed by atoms with Crippen molar-refractivity contribution in [3.05, 3.63) is 47.5 Å². The van der Waals surface area contributed by atoms with Crippen LogP contribution in [0.25, 0.3) is 0 Å². The molecule has 28 heavy (non-hydrogen) atoms. The van der Waals surface area contributed by atoms with Gasteiger partial charge in [0.05, 0.1) is 19.6 Å². The van der Waals surface area contributed by atoms with Gasteiger partial charge >= 0.3 is 5.97 Å². The fourth-order valence-electron chi connectivity index (χ4n) is 2.65. The van der Waals surface area contributed by atoms with Crippen LogP contribution in [-0.2, 0) is 15.0 Å². The molecule has 1 amide bonds. The Morgan fingerprint density at radius 2 is 1.71 bits per heavy atom. The maximum Gasteiger partial charge on any atom is 0.341 e. The molecule has 0 aromatic heterocycles. The van der Waals surface area contributed by atoms with E-state index < -0.39 is 18.0 Å². The van der Waals surface area contributed by atoms with E-state index in [0.29, 0.717) is 22.9 Å². The minimum absolute atomic E-state index is 0.193. The molecule has 0 aliphatic carbocycles. The number of hydrogen-bond acceptors (Lipinski definition) is 5. The molecule has 0 saturated carbocycles. The molecule has 0 aliphatic rings. The Bertz CT molecular complexity index is 875.